The van der Waals surface area contributed by atoms with E-state index in [1.165, 1.54) is 5.56 Å². The number of nitrogens with zero attached hydrogens (tertiary/aromatic N) is 2. The number of aromatic nitrogens is 1. The average Bonchev–Trinajstić information content (AvgIpc) is 3.17. The van der Waals surface area contributed by atoms with Crippen LogP contribution in [0, 0.1) is 0 Å². The maximum Gasteiger partial charge on any atom is 0.286 e. The van der Waals surface area contributed by atoms with Crippen LogP contribution in [0.5, 0.6) is 5.75 Å². The van der Waals surface area contributed by atoms with E-state index in [4.69, 9.17) is 9.57 Å². The first kappa shape index (κ1) is 23.5. The number of imide groups is 1. The summed E-state index contributed by atoms with van der Waals surface area (Å²) < 4.78 is 5.68. The number of ether oxygens (including phenoxy) is 1. The fourth-order valence-corrected chi connectivity index (χ4v) is 4.26. The molecule has 1 saturated heterocycles. The predicted octanol–water partition coefficient (Wildman–Crippen LogP) is 4.39. The van der Waals surface area contributed by atoms with Crippen LogP contribution in [0.15, 0.2) is 78.1 Å². The monoisotopic (exact) mass is 475 g/mol. The number of amides is 2. The summed E-state index contributed by atoms with van der Waals surface area (Å²) in [7, 11) is 0. The highest BCUT2D eigenvalue weighted by Gasteiger charge is 2.31. The standard InChI is InChI=1S/C26H25N3O4S/c1-18(21-9-10-22(27-17-21)15-19-5-3-2-4-6-19)29-33-14-13-32-23-11-7-20(8-12-23)16-24-25(30)28-26(31)34-24/h2-12,17,24H,13-16H2,1H3,(H,28,30,31). The van der Waals surface area contributed by atoms with Gasteiger partial charge in [-0.1, -0.05) is 59.4 Å². The molecule has 0 bridgehead atoms. The molecule has 1 atom stereocenters. The number of benzene rings is 2. The molecule has 2 heterocycles. The third-order valence-corrected chi connectivity index (χ3v) is 6.21. The zero-order valence-electron chi connectivity index (χ0n) is 18.8. The number of thioether (sulfide) groups is 1. The van der Waals surface area contributed by atoms with E-state index in [9.17, 15) is 9.59 Å². The van der Waals surface area contributed by atoms with E-state index in [1.54, 1.807) is 0 Å². The molecule has 8 heteroatoms. The second-order valence-electron chi connectivity index (χ2n) is 7.79. The van der Waals surface area contributed by atoms with E-state index in [-0.39, 0.29) is 16.4 Å². The quantitative estimate of drug-likeness (QED) is 0.266. The van der Waals surface area contributed by atoms with E-state index < -0.39 is 0 Å². The molecule has 3 aromatic rings. The molecular formula is C26H25N3O4S. The third kappa shape index (κ3) is 6.68. The van der Waals surface area contributed by atoms with Gasteiger partial charge in [-0.05, 0) is 48.7 Å². The van der Waals surface area contributed by atoms with Gasteiger partial charge in [0, 0.05) is 23.9 Å². The van der Waals surface area contributed by atoms with Crippen LogP contribution in [0.1, 0.15) is 29.3 Å². The number of nitrogens with one attached hydrogen (secondary N) is 1. The van der Waals surface area contributed by atoms with Crippen LogP contribution in [0.4, 0.5) is 4.79 Å². The molecule has 7 nitrogen and oxygen atoms in total. The van der Waals surface area contributed by atoms with Crippen LogP contribution < -0.4 is 10.1 Å². The molecule has 1 aliphatic heterocycles. The van der Waals surface area contributed by atoms with Crippen molar-refractivity contribution in [2.75, 3.05) is 13.2 Å². The summed E-state index contributed by atoms with van der Waals surface area (Å²) in [5.41, 5.74) is 4.85. The Kier molecular flexibility index (Phi) is 7.93. The van der Waals surface area contributed by atoms with Crippen molar-refractivity contribution in [3.8, 4) is 5.75 Å². The second-order valence-corrected chi connectivity index (χ2v) is 8.97. The zero-order chi connectivity index (χ0) is 23.8. The van der Waals surface area contributed by atoms with E-state index in [1.807, 2.05) is 67.7 Å². The molecule has 0 saturated carbocycles. The minimum absolute atomic E-state index is 0.234. The molecule has 174 valence electrons. The minimum Gasteiger partial charge on any atom is -0.490 e. The van der Waals surface area contributed by atoms with E-state index in [0.29, 0.717) is 25.4 Å². The average molecular weight is 476 g/mol. The molecule has 2 amide bonds. The highest BCUT2D eigenvalue weighted by Crippen LogP contribution is 2.23. The molecule has 1 fully saturated rings. The first-order valence-corrected chi connectivity index (χ1v) is 11.8. The van der Waals surface area contributed by atoms with Gasteiger partial charge in [-0.15, -0.1) is 0 Å². The third-order valence-electron chi connectivity index (χ3n) is 5.23. The molecule has 1 N–H and O–H groups in total. The van der Waals surface area contributed by atoms with E-state index >= 15 is 0 Å². The lowest BCUT2D eigenvalue weighted by Gasteiger charge is -2.08. The van der Waals surface area contributed by atoms with Crippen LogP contribution in [0.25, 0.3) is 0 Å². The zero-order valence-corrected chi connectivity index (χ0v) is 19.6. The van der Waals surface area contributed by atoms with Crippen molar-refractivity contribution in [3.05, 3.63) is 95.3 Å². The lowest BCUT2D eigenvalue weighted by atomic mass is 10.1. The lowest BCUT2D eigenvalue weighted by Crippen LogP contribution is -2.25. The van der Waals surface area contributed by atoms with Crippen molar-refractivity contribution in [1.29, 1.82) is 0 Å². The Morgan fingerprint density at radius 3 is 2.47 bits per heavy atom. The summed E-state index contributed by atoms with van der Waals surface area (Å²) in [5.74, 6) is 0.466. The Morgan fingerprint density at radius 2 is 1.79 bits per heavy atom. The minimum atomic E-state index is -0.371. The fraction of sp³-hybridized carbons (Fsp3) is 0.231. The van der Waals surface area contributed by atoms with Gasteiger partial charge in [0.2, 0.25) is 5.91 Å². The Labute approximate surface area is 202 Å². The summed E-state index contributed by atoms with van der Waals surface area (Å²) >= 11 is 1.03. The van der Waals surface area contributed by atoms with Gasteiger partial charge in [0.1, 0.15) is 12.4 Å². The summed E-state index contributed by atoms with van der Waals surface area (Å²) in [4.78, 5) is 32.9. The smallest absolute Gasteiger partial charge is 0.286 e. The number of pyridine rings is 1. The van der Waals surface area contributed by atoms with Gasteiger partial charge in [-0.25, -0.2) is 0 Å². The largest absolute Gasteiger partial charge is 0.490 e. The van der Waals surface area contributed by atoms with Crippen molar-refractivity contribution >= 4 is 28.6 Å². The predicted molar refractivity (Wildman–Crippen MR) is 132 cm³/mol. The van der Waals surface area contributed by atoms with Gasteiger partial charge in [0.15, 0.2) is 6.61 Å². The van der Waals surface area contributed by atoms with Gasteiger partial charge in [0.25, 0.3) is 5.24 Å². The van der Waals surface area contributed by atoms with Crippen LogP contribution in [-0.4, -0.2) is 40.3 Å². The van der Waals surface area contributed by atoms with Gasteiger partial charge < -0.3 is 9.57 Å². The van der Waals surface area contributed by atoms with Crippen molar-refractivity contribution in [1.82, 2.24) is 10.3 Å². The van der Waals surface area contributed by atoms with Crippen molar-refractivity contribution in [3.63, 3.8) is 0 Å². The molecule has 1 aromatic heterocycles. The number of carbonyl (C=O) groups is 2. The molecule has 0 radical (unpaired) electrons. The number of oxime groups is 1. The fourth-order valence-electron chi connectivity index (χ4n) is 3.40. The number of hydrogen-bond acceptors (Lipinski definition) is 7. The lowest BCUT2D eigenvalue weighted by molar-refractivity contribution is -0.118. The van der Waals surface area contributed by atoms with Gasteiger partial charge in [-0.3, -0.25) is 19.9 Å². The highest BCUT2D eigenvalue weighted by atomic mass is 32.2. The van der Waals surface area contributed by atoms with Crippen LogP contribution >= 0.6 is 11.8 Å². The number of carbonyl (C=O) groups excluding carboxylic acids is 2. The first-order valence-electron chi connectivity index (χ1n) is 11.0. The summed E-state index contributed by atoms with van der Waals surface area (Å²) in [5, 5.41) is 5.79. The van der Waals surface area contributed by atoms with Gasteiger partial charge in [-0.2, -0.15) is 0 Å². The van der Waals surface area contributed by atoms with Crippen molar-refractivity contribution in [2.24, 2.45) is 5.16 Å². The van der Waals surface area contributed by atoms with E-state index in [0.717, 1.165) is 40.7 Å². The van der Waals surface area contributed by atoms with Crippen molar-refractivity contribution < 1.29 is 19.2 Å². The van der Waals surface area contributed by atoms with Gasteiger partial charge >= 0.3 is 0 Å². The summed E-state index contributed by atoms with van der Waals surface area (Å²) in [6.07, 6.45) is 3.10. The van der Waals surface area contributed by atoms with Crippen molar-refractivity contribution in [2.45, 2.75) is 25.0 Å². The number of hydrogen-bond donors (Lipinski definition) is 1. The molecular weight excluding hydrogens is 450 g/mol. The molecule has 1 unspecified atom stereocenters. The SMILES string of the molecule is CC(=NOCCOc1ccc(CC2SC(=O)NC2=O)cc1)c1ccc(Cc2ccccc2)nc1. The molecule has 1 aliphatic rings. The topological polar surface area (TPSA) is 89.9 Å². The maximum atomic E-state index is 11.7. The molecule has 34 heavy (non-hydrogen) atoms. The summed E-state index contributed by atoms with van der Waals surface area (Å²) in [6.45, 7) is 2.53. The van der Waals surface area contributed by atoms with Crippen LogP contribution in [0.2, 0.25) is 0 Å². The normalized spacial score (nSPS) is 15.8. The second kappa shape index (κ2) is 11.5. The van der Waals surface area contributed by atoms with Crippen LogP contribution in [0.3, 0.4) is 0 Å². The summed E-state index contributed by atoms with van der Waals surface area (Å²) in [6, 6.07) is 21.7. The van der Waals surface area contributed by atoms with Gasteiger partial charge in [0.05, 0.1) is 11.0 Å². The Bertz CT molecular complexity index is 1150. The Hall–Kier alpha value is -3.65. The Balaban J connectivity index is 1.18. The molecule has 2 aromatic carbocycles. The number of rotatable bonds is 10. The van der Waals surface area contributed by atoms with Crippen LogP contribution in [-0.2, 0) is 22.5 Å². The van der Waals surface area contributed by atoms with E-state index in [2.05, 4.69) is 27.6 Å². The molecule has 4 rings (SSSR count). The molecule has 0 aliphatic carbocycles. The maximum absolute atomic E-state index is 11.7. The highest BCUT2D eigenvalue weighted by molar-refractivity contribution is 8.15. The Morgan fingerprint density at radius 1 is 1.00 bits per heavy atom. The first-order chi connectivity index (χ1) is 16.6. The molecule has 0 spiro atoms.